The van der Waals surface area contributed by atoms with Crippen LogP contribution in [0, 0.1) is 11.8 Å². The molecule has 6 nitrogen and oxygen atoms in total. The third-order valence-corrected chi connectivity index (χ3v) is 8.92. The molecule has 1 aromatic carbocycles. The zero-order valence-electron chi connectivity index (χ0n) is 22.1. The van der Waals surface area contributed by atoms with Gasteiger partial charge in [-0.1, -0.05) is 52.0 Å². The number of aliphatic hydroxyl groups excluding tert-OH is 1. The molecule has 0 radical (unpaired) electrons. The molecular formula is C30H40N2O4S. The van der Waals surface area contributed by atoms with Gasteiger partial charge >= 0.3 is 5.97 Å². The lowest BCUT2D eigenvalue weighted by atomic mass is 9.78. The zero-order valence-corrected chi connectivity index (χ0v) is 22.9. The topological polar surface area (TPSA) is 92.4 Å². The molecule has 2 heterocycles. The van der Waals surface area contributed by atoms with Crippen LogP contribution in [0.2, 0.25) is 0 Å². The number of carbonyl (C=O) groups excluding carboxylic acids is 1. The summed E-state index contributed by atoms with van der Waals surface area (Å²) in [5.74, 6) is 0.0407. The number of nitrogens with zero attached hydrogens (tertiary/aromatic N) is 2. The van der Waals surface area contributed by atoms with Crippen LogP contribution < -0.4 is 0 Å². The minimum absolute atomic E-state index is 0.0518. The van der Waals surface area contributed by atoms with E-state index in [-0.39, 0.29) is 24.5 Å². The summed E-state index contributed by atoms with van der Waals surface area (Å²) in [5.41, 5.74) is 2.45. The molecule has 1 fully saturated rings. The number of thiophene rings is 1. The van der Waals surface area contributed by atoms with Crippen molar-refractivity contribution in [2.45, 2.75) is 96.6 Å². The van der Waals surface area contributed by atoms with E-state index in [2.05, 4.69) is 35.9 Å². The molecular weight excluding hydrogens is 484 g/mol. The van der Waals surface area contributed by atoms with Gasteiger partial charge in [0.2, 0.25) is 0 Å². The summed E-state index contributed by atoms with van der Waals surface area (Å²) < 4.78 is 2.34. The van der Waals surface area contributed by atoms with E-state index >= 15 is 0 Å². The molecule has 1 aliphatic rings. The van der Waals surface area contributed by atoms with Crippen LogP contribution in [0.4, 0.5) is 0 Å². The first-order valence-electron chi connectivity index (χ1n) is 13.9. The third-order valence-electron chi connectivity index (χ3n) is 8.04. The monoisotopic (exact) mass is 524 g/mol. The van der Waals surface area contributed by atoms with E-state index in [4.69, 9.17) is 4.98 Å². The van der Waals surface area contributed by atoms with E-state index in [1.165, 1.54) is 24.1 Å². The van der Waals surface area contributed by atoms with Gasteiger partial charge in [0.25, 0.3) is 0 Å². The van der Waals surface area contributed by atoms with Crippen LogP contribution in [-0.2, 0) is 11.2 Å². The second-order valence-electron chi connectivity index (χ2n) is 10.6. The highest BCUT2D eigenvalue weighted by atomic mass is 32.1. The van der Waals surface area contributed by atoms with Crippen molar-refractivity contribution in [1.82, 2.24) is 9.55 Å². The molecule has 0 bridgehead atoms. The standard InChI is InChI=1S/C30H40N2O4S/c1-3-23(4-2)32-26-13-12-21(16-25(26)31-29(32)18-24-11-8-14-37-24)27(33)17-22(28(34)19-30(35)36)15-20-9-6-5-7-10-20/h8,11-14,16,20,22-23,28,34H,3-7,9-10,15,17-19H2,1-2H3,(H,35,36)/t22-,28+/m1/s1. The Morgan fingerprint density at radius 2 is 1.86 bits per heavy atom. The molecule has 2 atom stereocenters. The van der Waals surface area contributed by atoms with Gasteiger partial charge in [-0.2, -0.15) is 0 Å². The van der Waals surface area contributed by atoms with Gasteiger partial charge < -0.3 is 14.8 Å². The molecule has 200 valence electrons. The van der Waals surface area contributed by atoms with Gasteiger partial charge in [0.1, 0.15) is 5.82 Å². The van der Waals surface area contributed by atoms with Crippen LogP contribution in [0.1, 0.15) is 105 Å². The van der Waals surface area contributed by atoms with E-state index in [0.717, 1.165) is 49.0 Å². The number of imidazole rings is 1. The first-order valence-corrected chi connectivity index (χ1v) is 14.7. The molecule has 2 aromatic heterocycles. The van der Waals surface area contributed by atoms with E-state index in [1.807, 2.05) is 18.2 Å². The second kappa shape index (κ2) is 12.8. The maximum Gasteiger partial charge on any atom is 0.305 e. The zero-order chi connectivity index (χ0) is 26.4. The van der Waals surface area contributed by atoms with Crippen molar-refractivity contribution in [1.29, 1.82) is 0 Å². The molecule has 0 amide bonds. The molecule has 0 aliphatic heterocycles. The SMILES string of the molecule is CCC(CC)n1c(Cc2cccs2)nc2cc(C(=O)C[C@@H](CC3CCCCC3)[C@@H](O)CC(=O)O)ccc21. The van der Waals surface area contributed by atoms with Crippen LogP contribution in [0.25, 0.3) is 11.0 Å². The van der Waals surface area contributed by atoms with Gasteiger partial charge in [0, 0.05) is 29.3 Å². The minimum atomic E-state index is -1.03. The number of fused-ring (bicyclic) bond motifs is 1. The summed E-state index contributed by atoms with van der Waals surface area (Å²) in [5, 5.41) is 22.0. The summed E-state index contributed by atoms with van der Waals surface area (Å²) in [7, 11) is 0. The molecule has 0 spiro atoms. The first kappa shape index (κ1) is 27.5. The van der Waals surface area contributed by atoms with Crippen LogP contribution in [0.15, 0.2) is 35.7 Å². The second-order valence-corrected chi connectivity index (χ2v) is 11.7. The lowest BCUT2D eigenvalue weighted by Gasteiger charge is -2.28. The number of carboxylic acid groups (broad SMARTS) is 1. The minimum Gasteiger partial charge on any atom is -0.481 e. The Hall–Kier alpha value is -2.51. The summed E-state index contributed by atoms with van der Waals surface area (Å²) >= 11 is 1.73. The number of aromatic nitrogens is 2. The average Bonchev–Trinajstić information content (AvgIpc) is 3.52. The van der Waals surface area contributed by atoms with E-state index < -0.39 is 12.1 Å². The Labute approximate surface area is 223 Å². The quantitative estimate of drug-likeness (QED) is 0.234. The van der Waals surface area contributed by atoms with Crippen LogP contribution in [-0.4, -0.2) is 37.6 Å². The predicted molar refractivity (Wildman–Crippen MR) is 148 cm³/mol. The normalized spacial score (nSPS) is 16.3. The van der Waals surface area contributed by atoms with Crippen molar-refractivity contribution in [3.63, 3.8) is 0 Å². The number of carboxylic acids is 1. The van der Waals surface area contributed by atoms with E-state index in [9.17, 15) is 19.8 Å². The molecule has 1 saturated carbocycles. The highest BCUT2D eigenvalue weighted by Gasteiger charge is 2.29. The fourth-order valence-corrected chi connectivity index (χ4v) is 6.71. The Balaban J connectivity index is 1.59. The van der Waals surface area contributed by atoms with Crippen molar-refractivity contribution in [2.24, 2.45) is 11.8 Å². The number of hydrogen-bond donors (Lipinski definition) is 2. The van der Waals surface area contributed by atoms with Crippen LogP contribution in [0.5, 0.6) is 0 Å². The summed E-state index contributed by atoms with van der Waals surface area (Å²) in [6.45, 7) is 4.39. The van der Waals surface area contributed by atoms with Crippen LogP contribution in [0.3, 0.4) is 0 Å². The summed E-state index contributed by atoms with van der Waals surface area (Å²) in [6, 6.07) is 10.3. The molecule has 7 heteroatoms. The summed E-state index contributed by atoms with van der Waals surface area (Å²) in [6.07, 6.45) is 8.06. The number of hydrogen-bond acceptors (Lipinski definition) is 5. The molecule has 0 saturated heterocycles. The number of rotatable bonds is 13. The summed E-state index contributed by atoms with van der Waals surface area (Å²) in [4.78, 5) is 31.0. The smallest absolute Gasteiger partial charge is 0.305 e. The van der Waals surface area contributed by atoms with Gasteiger partial charge in [-0.3, -0.25) is 9.59 Å². The Morgan fingerprint density at radius 3 is 2.51 bits per heavy atom. The highest BCUT2D eigenvalue weighted by Crippen LogP contribution is 2.33. The average molecular weight is 525 g/mol. The number of aliphatic hydroxyl groups is 1. The number of Topliss-reactive ketones (excluding diaryl/α,β-unsaturated/α-hetero) is 1. The Morgan fingerprint density at radius 1 is 1.11 bits per heavy atom. The molecule has 0 unspecified atom stereocenters. The number of aliphatic carboxylic acids is 1. The Kier molecular flexibility index (Phi) is 9.54. The highest BCUT2D eigenvalue weighted by molar-refractivity contribution is 7.09. The third kappa shape index (κ3) is 6.88. The fraction of sp³-hybridized carbons (Fsp3) is 0.567. The Bertz CT molecular complexity index is 1180. The number of benzene rings is 1. The van der Waals surface area contributed by atoms with Crippen molar-refractivity contribution >= 4 is 34.1 Å². The first-order chi connectivity index (χ1) is 17.9. The maximum absolute atomic E-state index is 13.4. The van der Waals surface area contributed by atoms with Gasteiger partial charge in [0.15, 0.2) is 5.78 Å². The molecule has 2 N–H and O–H groups in total. The van der Waals surface area contributed by atoms with E-state index in [0.29, 0.717) is 23.9 Å². The van der Waals surface area contributed by atoms with Gasteiger partial charge in [0.05, 0.1) is 23.6 Å². The maximum atomic E-state index is 13.4. The van der Waals surface area contributed by atoms with Gasteiger partial charge in [-0.25, -0.2) is 4.98 Å². The molecule has 1 aliphatic carbocycles. The predicted octanol–water partition coefficient (Wildman–Crippen LogP) is 7.04. The number of ketones is 1. The lowest BCUT2D eigenvalue weighted by molar-refractivity contribution is -0.140. The number of carbonyl (C=O) groups is 2. The van der Waals surface area contributed by atoms with Crippen molar-refractivity contribution in [3.8, 4) is 0 Å². The van der Waals surface area contributed by atoms with Crippen LogP contribution >= 0.6 is 11.3 Å². The van der Waals surface area contributed by atoms with Gasteiger partial charge in [-0.05, 0) is 60.7 Å². The van der Waals surface area contributed by atoms with Crippen molar-refractivity contribution < 1.29 is 19.8 Å². The largest absolute Gasteiger partial charge is 0.481 e. The fourth-order valence-electron chi connectivity index (χ4n) is 6.01. The van der Waals surface area contributed by atoms with E-state index in [1.54, 1.807) is 11.3 Å². The molecule has 3 aromatic rings. The van der Waals surface area contributed by atoms with Gasteiger partial charge in [-0.15, -0.1) is 11.3 Å². The van der Waals surface area contributed by atoms with Crippen molar-refractivity contribution in [3.05, 3.63) is 52.0 Å². The molecule has 4 rings (SSSR count). The van der Waals surface area contributed by atoms with Crippen molar-refractivity contribution in [2.75, 3.05) is 0 Å². The lowest BCUT2D eigenvalue weighted by Crippen LogP contribution is -2.28. The molecule has 37 heavy (non-hydrogen) atoms.